The molecule has 1 fully saturated rings. The third-order valence-corrected chi connectivity index (χ3v) is 9.28. The highest BCUT2D eigenvalue weighted by atomic mass is 35.5. The maximum atomic E-state index is 13.2. The molecule has 1 unspecified atom stereocenters. The lowest BCUT2D eigenvalue weighted by Crippen LogP contribution is -2.45. The molecular formula is C30H28Cl2N4O6S. The average molecular weight is 644 g/mol. The van der Waals surface area contributed by atoms with Crippen molar-refractivity contribution in [3.63, 3.8) is 0 Å². The molecule has 0 bridgehead atoms. The van der Waals surface area contributed by atoms with Gasteiger partial charge in [-0.3, -0.25) is 19.3 Å². The summed E-state index contributed by atoms with van der Waals surface area (Å²) in [4.78, 5) is 40.6. The van der Waals surface area contributed by atoms with Crippen molar-refractivity contribution >= 4 is 56.5 Å². The summed E-state index contributed by atoms with van der Waals surface area (Å²) in [6.45, 7) is 1.87. The first kappa shape index (κ1) is 32.0. The van der Waals surface area contributed by atoms with E-state index in [0.717, 1.165) is 17.3 Å². The molecule has 1 heterocycles. The Balaban J connectivity index is 1.46. The van der Waals surface area contributed by atoms with Crippen LogP contribution < -0.4 is 10.1 Å². The Bertz CT molecular complexity index is 1760. The first-order valence-corrected chi connectivity index (χ1v) is 15.3. The third-order valence-electron chi connectivity index (χ3n) is 7.08. The number of halogens is 2. The number of nitriles is 1. The number of ketones is 1. The number of hydrogen-bond donors (Lipinski definition) is 1. The molecule has 0 spiro atoms. The third kappa shape index (κ3) is 7.17. The van der Waals surface area contributed by atoms with Gasteiger partial charge in [0.2, 0.25) is 0 Å². The van der Waals surface area contributed by atoms with Crippen LogP contribution in [0.2, 0.25) is 10.0 Å². The van der Waals surface area contributed by atoms with Crippen molar-refractivity contribution in [2.24, 2.45) is 0 Å². The molecule has 1 N–H and O–H groups in total. The molecule has 0 aliphatic carbocycles. The van der Waals surface area contributed by atoms with Gasteiger partial charge < -0.3 is 10.1 Å². The highest BCUT2D eigenvalue weighted by Crippen LogP contribution is 2.28. The number of amides is 2. The van der Waals surface area contributed by atoms with E-state index < -0.39 is 40.3 Å². The van der Waals surface area contributed by atoms with Crippen LogP contribution in [0.3, 0.4) is 0 Å². The summed E-state index contributed by atoms with van der Waals surface area (Å²) >= 11 is 12.2. The normalized spacial score (nSPS) is 15.0. The van der Waals surface area contributed by atoms with Crippen LogP contribution in [0.25, 0.3) is 0 Å². The molecular weight excluding hydrogens is 615 g/mol. The average Bonchev–Trinajstić information content (AvgIpc) is 3.41. The molecule has 1 atom stereocenters. The zero-order valence-corrected chi connectivity index (χ0v) is 25.9. The smallest absolute Gasteiger partial charge is 0.266 e. The van der Waals surface area contributed by atoms with E-state index in [1.54, 1.807) is 14.0 Å². The van der Waals surface area contributed by atoms with Crippen molar-refractivity contribution in [3.8, 4) is 11.8 Å². The highest BCUT2D eigenvalue weighted by Gasteiger charge is 2.35. The second-order valence-corrected chi connectivity index (χ2v) is 12.9. The van der Waals surface area contributed by atoms with Crippen LogP contribution in [0.1, 0.15) is 39.9 Å². The van der Waals surface area contributed by atoms with Gasteiger partial charge in [-0.05, 0) is 93.5 Å². The summed E-state index contributed by atoms with van der Waals surface area (Å²) in [6, 6.07) is 14.1. The highest BCUT2D eigenvalue weighted by molar-refractivity contribution is 7.89. The van der Waals surface area contributed by atoms with E-state index in [1.165, 1.54) is 61.6 Å². The molecule has 13 heteroatoms. The number of likely N-dealkylation sites (tertiary alicyclic amines) is 1. The lowest BCUT2D eigenvalue weighted by molar-refractivity contribution is -0.129. The number of benzene rings is 3. The molecule has 3 aromatic rings. The molecule has 2 amide bonds. The maximum Gasteiger partial charge on any atom is 0.266 e. The second kappa shape index (κ2) is 13.1. The Morgan fingerprint density at radius 1 is 1.09 bits per heavy atom. The Morgan fingerprint density at radius 2 is 1.84 bits per heavy atom. The van der Waals surface area contributed by atoms with Gasteiger partial charge in [0, 0.05) is 28.3 Å². The van der Waals surface area contributed by atoms with Crippen LogP contribution in [-0.2, 0) is 19.6 Å². The topological polar surface area (TPSA) is 137 Å². The maximum absolute atomic E-state index is 13.2. The largest absolute Gasteiger partial charge is 0.483 e. The van der Waals surface area contributed by atoms with E-state index in [-0.39, 0.29) is 37.4 Å². The Morgan fingerprint density at radius 3 is 2.49 bits per heavy atom. The van der Waals surface area contributed by atoms with Gasteiger partial charge in [-0.2, -0.15) is 5.26 Å². The van der Waals surface area contributed by atoms with Crippen LogP contribution >= 0.6 is 23.2 Å². The Labute approximate surface area is 259 Å². The molecule has 43 heavy (non-hydrogen) atoms. The van der Waals surface area contributed by atoms with Crippen molar-refractivity contribution in [1.82, 2.24) is 9.21 Å². The van der Waals surface area contributed by atoms with E-state index in [2.05, 4.69) is 5.32 Å². The molecule has 4 rings (SSSR count). The number of ether oxygens (including phenoxy) is 1. The van der Waals surface area contributed by atoms with Gasteiger partial charge >= 0.3 is 0 Å². The number of rotatable bonds is 9. The van der Waals surface area contributed by atoms with Crippen molar-refractivity contribution in [2.75, 3.05) is 32.6 Å². The van der Waals surface area contributed by atoms with Gasteiger partial charge in [-0.1, -0.05) is 23.2 Å². The van der Waals surface area contributed by atoms with E-state index >= 15 is 0 Å². The lowest BCUT2D eigenvalue weighted by Gasteiger charge is -2.25. The minimum Gasteiger partial charge on any atom is -0.483 e. The van der Waals surface area contributed by atoms with Gasteiger partial charge in [-0.25, -0.2) is 12.7 Å². The van der Waals surface area contributed by atoms with Gasteiger partial charge in [0.15, 0.2) is 12.4 Å². The molecule has 1 aliphatic rings. The number of hydrogen-bond acceptors (Lipinski definition) is 8. The predicted molar refractivity (Wildman–Crippen MR) is 162 cm³/mol. The number of carbonyl (C=O) groups is 3. The Hall–Kier alpha value is -3.95. The fraction of sp³-hybridized carbons (Fsp3) is 0.267. The van der Waals surface area contributed by atoms with Crippen LogP contribution in [0.15, 0.2) is 59.5 Å². The molecule has 0 saturated carbocycles. The second-order valence-electron chi connectivity index (χ2n) is 10.1. The summed E-state index contributed by atoms with van der Waals surface area (Å²) in [5.74, 6) is -1.49. The SMILES string of the molecule is Cc1cc(S(=O)(=O)N(C)C(=O)C2CCCN2C)ccc1NC(=O)COc1ccc(Cl)cc1C(=O)c1cc(Cl)cc(C#N)c1. The van der Waals surface area contributed by atoms with Gasteiger partial charge in [0.05, 0.1) is 28.1 Å². The minimum absolute atomic E-state index is 0.0691. The first-order chi connectivity index (χ1) is 20.3. The predicted octanol–water partition coefficient (Wildman–Crippen LogP) is 4.66. The minimum atomic E-state index is -4.11. The molecule has 224 valence electrons. The van der Waals surface area contributed by atoms with Gasteiger partial charge in [-0.15, -0.1) is 0 Å². The number of aryl methyl sites for hydroxylation is 1. The summed E-state index contributed by atoms with van der Waals surface area (Å²) in [5.41, 5.74) is 1.21. The summed E-state index contributed by atoms with van der Waals surface area (Å²) in [5, 5.41) is 12.4. The lowest BCUT2D eigenvalue weighted by atomic mass is 10.0. The summed E-state index contributed by atoms with van der Waals surface area (Å²) < 4.78 is 32.8. The number of nitrogens with zero attached hydrogens (tertiary/aromatic N) is 3. The molecule has 10 nitrogen and oxygen atoms in total. The van der Waals surface area contributed by atoms with E-state index in [1.807, 2.05) is 11.0 Å². The van der Waals surface area contributed by atoms with Crippen molar-refractivity contribution in [2.45, 2.75) is 30.7 Å². The van der Waals surface area contributed by atoms with Crippen LogP contribution in [0.4, 0.5) is 5.69 Å². The fourth-order valence-electron chi connectivity index (χ4n) is 4.72. The number of likely N-dealkylation sites (N-methyl/N-ethyl adjacent to an activating group) is 2. The zero-order valence-electron chi connectivity index (χ0n) is 23.6. The van der Waals surface area contributed by atoms with Gasteiger partial charge in [0.1, 0.15) is 5.75 Å². The Kier molecular flexibility index (Phi) is 9.77. The van der Waals surface area contributed by atoms with Crippen molar-refractivity contribution in [3.05, 3.63) is 86.9 Å². The number of nitrogens with one attached hydrogen (secondary N) is 1. The van der Waals surface area contributed by atoms with E-state index in [4.69, 9.17) is 27.9 Å². The summed E-state index contributed by atoms with van der Waals surface area (Å²) in [7, 11) is -1.07. The summed E-state index contributed by atoms with van der Waals surface area (Å²) in [6.07, 6.45) is 1.41. The fourth-order valence-corrected chi connectivity index (χ4v) is 6.37. The zero-order chi connectivity index (χ0) is 31.5. The molecule has 0 radical (unpaired) electrons. The monoisotopic (exact) mass is 642 g/mol. The van der Waals surface area contributed by atoms with Crippen LogP contribution in [0, 0.1) is 18.3 Å². The molecule has 1 saturated heterocycles. The quantitative estimate of drug-likeness (QED) is 0.333. The van der Waals surface area contributed by atoms with Crippen molar-refractivity contribution in [1.29, 1.82) is 5.26 Å². The standard InChI is InChI=1S/C30H28Cl2N4O6S/c1-18-11-23(43(40,41)36(3)30(39)26-5-4-10-35(26)2)7-8-25(18)34-28(37)17-42-27-9-6-21(31)15-24(27)29(38)20-12-19(16-33)13-22(32)14-20/h6-9,11-15,26H,4-5,10,17H2,1-3H3,(H,34,37). The number of anilines is 1. The van der Waals surface area contributed by atoms with Gasteiger partial charge in [0.25, 0.3) is 21.8 Å². The molecule has 0 aromatic heterocycles. The number of sulfonamides is 1. The number of carbonyl (C=O) groups excluding carboxylic acids is 3. The van der Waals surface area contributed by atoms with E-state index in [9.17, 15) is 28.1 Å². The van der Waals surface area contributed by atoms with Crippen LogP contribution in [0.5, 0.6) is 5.75 Å². The van der Waals surface area contributed by atoms with E-state index in [0.29, 0.717) is 17.7 Å². The van der Waals surface area contributed by atoms with Crippen molar-refractivity contribution < 1.29 is 27.5 Å². The molecule has 3 aromatic carbocycles. The molecule has 1 aliphatic heterocycles. The first-order valence-electron chi connectivity index (χ1n) is 13.1. The van der Waals surface area contributed by atoms with Crippen LogP contribution in [-0.4, -0.2) is 68.5 Å².